The molecule has 150 valence electrons. The molecule has 0 radical (unpaired) electrons. The normalized spacial score (nSPS) is 10.7. The van der Waals surface area contributed by atoms with Crippen molar-refractivity contribution in [2.45, 2.75) is 0 Å². The molecule has 0 aliphatic rings. The standard InChI is InChI=1S/C20H14ClN5O4/c1-30-15-6-4-14(5-7-15)25-23-17-9-3-13(11-18(17)24-25)22-20(27)12-2-8-16(21)19(10-12)26(28)29/h2-11H,1H3,(H,22,27). The van der Waals surface area contributed by atoms with Gasteiger partial charge in [0.1, 0.15) is 21.8 Å². The second kappa shape index (κ2) is 7.80. The number of benzene rings is 3. The summed E-state index contributed by atoms with van der Waals surface area (Å²) in [6.07, 6.45) is 0. The molecule has 0 unspecified atom stereocenters. The van der Waals surface area contributed by atoms with E-state index in [-0.39, 0.29) is 16.3 Å². The number of ether oxygens (including phenoxy) is 1. The number of carbonyl (C=O) groups is 1. The average molecular weight is 424 g/mol. The number of hydrogen-bond donors (Lipinski definition) is 1. The summed E-state index contributed by atoms with van der Waals surface area (Å²) < 4.78 is 5.15. The Hall–Kier alpha value is -3.98. The summed E-state index contributed by atoms with van der Waals surface area (Å²) >= 11 is 5.79. The van der Waals surface area contributed by atoms with Gasteiger partial charge in [-0.15, -0.1) is 10.2 Å². The van der Waals surface area contributed by atoms with E-state index in [1.54, 1.807) is 37.4 Å². The minimum atomic E-state index is -0.636. The van der Waals surface area contributed by atoms with Crippen molar-refractivity contribution < 1.29 is 14.5 Å². The second-order valence-corrected chi connectivity index (χ2v) is 6.68. The first kappa shape index (κ1) is 19.3. The molecule has 1 N–H and O–H groups in total. The predicted octanol–water partition coefficient (Wildman–Crippen LogP) is 4.24. The lowest BCUT2D eigenvalue weighted by Gasteiger charge is -2.05. The van der Waals surface area contributed by atoms with E-state index in [0.717, 1.165) is 17.5 Å². The Bertz CT molecular complexity index is 1270. The SMILES string of the molecule is COc1ccc(-n2nc3ccc(NC(=O)c4ccc(Cl)c([N+](=O)[O-])c4)cc3n2)cc1. The van der Waals surface area contributed by atoms with E-state index in [0.29, 0.717) is 16.7 Å². The van der Waals surface area contributed by atoms with Gasteiger partial charge in [0.25, 0.3) is 11.6 Å². The van der Waals surface area contributed by atoms with Crippen LogP contribution >= 0.6 is 11.6 Å². The Kier molecular flexibility index (Phi) is 5.03. The van der Waals surface area contributed by atoms with Crippen LogP contribution in [0.2, 0.25) is 5.02 Å². The number of aromatic nitrogens is 3. The van der Waals surface area contributed by atoms with E-state index in [4.69, 9.17) is 16.3 Å². The number of nitrogens with zero attached hydrogens (tertiary/aromatic N) is 4. The van der Waals surface area contributed by atoms with E-state index >= 15 is 0 Å². The van der Waals surface area contributed by atoms with Crippen LogP contribution in [0.25, 0.3) is 16.7 Å². The quantitative estimate of drug-likeness (QED) is 0.379. The van der Waals surface area contributed by atoms with Crippen LogP contribution in [0.1, 0.15) is 10.4 Å². The van der Waals surface area contributed by atoms with E-state index in [1.807, 2.05) is 12.1 Å². The summed E-state index contributed by atoms with van der Waals surface area (Å²) in [5.41, 5.74) is 2.24. The van der Waals surface area contributed by atoms with Crippen molar-refractivity contribution in [1.29, 1.82) is 0 Å². The van der Waals surface area contributed by atoms with Crippen molar-refractivity contribution in [1.82, 2.24) is 15.0 Å². The molecule has 9 nitrogen and oxygen atoms in total. The Balaban J connectivity index is 1.58. The molecular formula is C20H14ClN5O4. The van der Waals surface area contributed by atoms with E-state index < -0.39 is 10.8 Å². The first-order valence-electron chi connectivity index (χ1n) is 8.71. The number of hydrogen-bond acceptors (Lipinski definition) is 6. The predicted molar refractivity (Wildman–Crippen MR) is 111 cm³/mol. The van der Waals surface area contributed by atoms with Gasteiger partial charge in [-0.05, 0) is 54.6 Å². The van der Waals surface area contributed by atoms with Crippen molar-refractivity contribution >= 4 is 39.9 Å². The van der Waals surface area contributed by atoms with Crippen LogP contribution in [-0.4, -0.2) is 32.9 Å². The maximum atomic E-state index is 12.5. The van der Waals surface area contributed by atoms with Gasteiger partial charge in [0, 0.05) is 17.3 Å². The van der Waals surface area contributed by atoms with Gasteiger partial charge in [-0.2, -0.15) is 4.80 Å². The molecule has 0 fully saturated rings. The summed E-state index contributed by atoms with van der Waals surface area (Å²) in [6, 6.07) is 16.2. The van der Waals surface area contributed by atoms with Gasteiger partial charge in [0.05, 0.1) is 17.7 Å². The van der Waals surface area contributed by atoms with Crippen LogP contribution in [0, 0.1) is 10.1 Å². The average Bonchev–Trinajstić information content (AvgIpc) is 3.17. The molecule has 1 heterocycles. The van der Waals surface area contributed by atoms with Gasteiger partial charge in [-0.25, -0.2) is 0 Å². The second-order valence-electron chi connectivity index (χ2n) is 6.27. The van der Waals surface area contributed by atoms with Crippen LogP contribution in [0.3, 0.4) is 0 Å². The number of nitro groups is 1. The van der Waals surface area contributed by atoms with Crippen molar-refractivity contribution in [3.8, 4) is 11.4 Å². The number of nitro benzene ring substituents is 1. The molecule has 0 aliphatic heterocycles. The van der Waals surface area contributed by atoms with Crippen molar-refractivity contribution in [3.05, 3.63) is 81.4 Å². The number of anilines is 1. The van der Waals surface area contributed by atoms with E-state index in [2.05, 4.69) is 15.5 Å². The van der Waals surface area contributed by atoms with Crippen LogP contribution in [0.5, 0.6) is 5.75 Å². The smallest absolute Gasteiger partial charge is 0.288 e. The van der Waals surface area contributed by atoms with Gasteiger partial charge < -0.3 is 10.1 Å². The lowest BCUT2D eigenvalue weighted by atomic mass is 10.2. The first-order chi connectivity index (χ1) is 14.4. The fourth-order valence-electron chi connectivity index (χ4n) is 2.82. The third kappa shape index (κ3) is 3.78. The summed E-state index contributed by atoms with van der Waals surface area (Å²) in [4.78, 5) is 24.4. The van der Waals surface area contributed by atoms with Gasteiger partial charge in [0.2, 0.25) is 0 Å². The Labute approximate surface area is 175 Å². The summed E-state index contributed by atoms with van der Waals surface area (Å²) in [6.45, 7) is 0. The number of amides is 1. The Morgan fingerprint density at radius 3 is 2.50 bits per heavy atom. The van der Waals surface area contributed by atoms with E-state index in [1.165, 1.54) is 16.9 Å². The molecule has 0 aliphatic carbocycles. The molecule has 0 saturated carbocycles. The maximum Gasteiger partial charge on any atom is 0.288 e. The monoisotopic (exact) mass is 423 g/mol. The Morgan fingerprint density at radius 2 is 1.80 bits per heavy atom. The minimum absolute atomic E-state index is 0.0342. The number of methoxy groups -OCH3 is 1. The first-order valence-corrected chi connectivity index (χ1v) is 9.09. The van der Waals surface area contributed by atoms with Gasteiger partial charge >= 0.3 is 0 Å². The number of carbonyl (C=O) groups excluding carboxylic acids is 1. The summed E-state index contributed by atoms with van der Waals surface area (Å²) in [5, 5.41) is 22.5. The van der Waals surface area contributed by atoms with Crippen molar-refractivity contribution in [3.63, 3.8) is 0 Å². The highest BCUT2D eigenvalue weighted by atomic mass is 35.5. The topological polar surface area (TPSA) is 112 Å². The number of halogens is 1. The number of rotatable bonds is 5. The largest absolute Gasteiger partial charge is 0.497 e. The van der Waals surface area contributed by atoms with Crippen LogP contribution in [-0.2, 0) is 0 Å². The fraction of sp³-hybridized carbons (Fsp3) is 0.0500. The highest BCUT2D eigenvalue weighted by Gasteiger charge is 2.17. The fourth-order valence-corrected chi connectivity index (χ4v) is 3.01. The van der Waals surface area contributed by atoms with Crippen LogP contribution in [0.4, 0.5) is 11.4 Å². The van der Waals surface area contributed by atoms with Crippen molar-refractivity contribution in [2.75, 3.05) is 12.4 Å². The minimum Gasteiger partial charge on any atom is -0.497 e. The zero-order chi connectivity index (χ0) is 21.3. The molecule has 0 bridgehead atoms. The molecule has 10 heteroatoms. The number of fused-ring (bicyclic) bond motifs is 1. The lowest BCUT2D eigenvalue weighted by molar-refractivity contribution is -0.384. The van der Waals surface area contributed by atoms with Gasteiger partial charge in [-0.1, -0.05) is 11.6 Å². The maximum absolute atomic E-state index is 12.5. The Morgan fingerprint density at radius 1 is 1.07 bits per heavy atom. The third-order valence-electron chi connectivity index (χ3n) is 4.35. The molecule has 0 spiro atoms. The molecule has 1 amide bonds. The molecule has 1 aromatic heterocycles. The zero-order valence-electron chi connectivity index (χ0n) is 15.6. The zero-order valence-corrected chi connectivity index (χ0v) is 16.3. The molecule has 0 atom stereocenters. The van der Waals surface area contributed by atoms with Crippen LogP contribution in [0.15, 0.2) is 60.7 Å². The third-order valence-corrected chi connectivity index (χ3v) is 4.67. The lowest BCUT2D eigenvalue weighted by Crippen LogP contribution is -2.12. The molecule has 4 rings (SSSR count). The molecule has 0 saturated heterocycles. The van der Waals surface area contributed by atoms with Crippen LogP contribution < -0.4 is 10.1 Å². The number of nitrogens with one attached hydrogen (secondary N) is 1. The highest BCUT2D eigenvalue weighted by Crippen LogP contribution is 2.26. The summed E-state index contributed by atoms with van der Waals surface area (Å²) in [5.74, 6) is 0.222. The summed E-state index contributed by atoms with van der Waals surface area (Å²) in [7, 11) is 1.59. The molecule has 3 aromatic carbocycles. The highest BCUT2D eigenvalue weighted by molar-refractivity contribution is 6.32. The van der Waals surface area contributed by atoms with Crippen molar-refractivity contribution in [2.24, 2.45) is 0 Å². The molecule has 30 heavy (non-hydrogen) atoms. The molecular weight excluding hydrogens is 410 g/mol. The van der Waals surface area contributed by atoms with E-state index in [9.17, 15) is 14.9 Å². The molecule has 4 aromatic rings. The van der Waals surface area contributed by atoms with Gasteiger partial charge in [-0.3, -0.25) is 14.9 Å². The van der Waals surface area contributed by atoms with Gasteiger partial charge in [0.15, 0.2) is 0 Å².